The summed E-state index contributed by atoms with van der Waals surface area (Å²) < 4.78 is 5.16. The van der Waals surface area contributed by atoms with E-state index < -0.39 is 0 Å². The van der Waals surface area contributed by atoms with Crippen LogP contribution in [-0.4, -0.2) is 18.8 Å². The lowest BCUT2D eigenvalue weighted by Crippen LogP contribution is -2.24. The molecule has 0 unspecified atom stereocenters. The third-order valence-electron chi connectivity index (χ3n) is 4.16. The first-order valence-corrected chi connectivity index (χ1v) is 8.58. The molecule has 0 heterocycles. The molecule has 4 heteroatoms. The molecule has 0 radical (unpaired) electrons. The Hall–Kier alpha value is -2.46. The lowest BCUT2D eigenvalue weighted by Gasteiger charge is -2.10. The lowest BCUT2D eigenvalue weighted by molar-refractivity contribution is -0.121. The molecule has 4 nitrogen and oxygen atoms in total. The van der Waals surface area contributed by atoms with Gasteiger partial charge in [0.25, 0.3) is 0 Å². The van der Waals surface area contributed by atoms with E-state index in [1.807, 2.05) is 48.5 Å². The van der Waals surface area contributed by atoms with Crippen LogP contribution < -0.4 is 5.32 Å². The number of ketones is 1. The fourth-order valence-corrected chi connectivity index (χ4v) is 2.61. The van der Waals surface area contributed by atoms with E-state index in [1.54, 1.807) is 7.11 Å². The van der Waals surface area contributed by atoms with Gasteiger partial charge in [0.2, 0.25) is 5.91 Å². The normalized spacial score (nSPS) is 10.5. The molecule has 0 fully saturated rings. The zero-order valence-corrected chi connectivity index (χ0v) is 14.9. The van der Waals surface area contributed by atoms with E-state index in [1.165, 1.54) is 5.56 Å². The van der Waals surface area contributed by atoms with E-state index in [0.29, 0.717) is 18.7 Å². The number of aryl methyl sites for hydroxylation is 1. The molecule has 132 valence electrons. The first-order chi connectivity index (χ1) is 12.1. The molecule has 0 aliphatic rings. The van der Waals surface area contributed by atoms with Crippen molar-refractivity contribution >= 4 is 11.7 Å². The number of amides is 1. The molecule has 1 amide bonds. The predicted molar refractivity (Wildman–Crippen MR) is 98.4 cm³/mol. The summed E-state index contributed by atoms with van der Waals surface area (Å²) in [6.45, 7) is 3.03. The zero-order chi connectivity index (χ0) is 18.1. The van der Waals surface area contributed by atoms with Crippen LogP contribution in [0, 0.1) is 0 Å². The number of benzene rings is 2. The van der Waals surface area contributed by atoms with Gasteiger partial charge in [0.1, 0.15) is 0 Å². The second-order valence-electron chi connectivity index (χ2n) is 5.95. The summed E-state index contributed by atoms with van der Waals surface area (Å²) in [4.78, 5) is 24.2. The molecular weight excluding hydrogens is 314 g/mol. The van der Waals surface area contributed by atoms with Crippen molar-refractivity contribution in [1.29, 1.82) is 0 Å². The number of carbonyl (C=O) groups is 2. The van der Waals surface area contributed by atoms with Crippen molar-refractivity contribution in [1.82, 2.24) is 5.32 Å². The molecule has 0 atom stereocenters. The molecule has 0 aromatic heterocycles. The van der Waals surface area contributed by atoms with Crippen molar-refractivity contribution in [2.75, 3.05) is 7.11 Å². The van der Waals surface area contributed by atoms with Gasteiger partial charge in [-0.25, -0.2) is 0 Å². The minimum atomic E-state index is -0.120. The Balaban J connectivity index is 1.81. The maximum Gasteiger partial charge on any atom is 0.220 e. The van der Waals surface area contributed by atoms with Crippen molar-refractivity contribution in [2.45, 2.75) is 39.3 Å². The van der Waals surface area contributed by atoms with Gasteiger partial charge in [0.15, 0.2) is 5.78 Å². The maximum absolute atomic E-state index is 12.2. The number of Topliss-reactive ketones (excluding diaryl/α,β-unsaturated/α-hetero) is 1. The van der Waals surface area contributed by atoms with E-state index in [2.05, 4.69) is 12.2 Å². The third-order valence-corrected chi connectivity index (χ3v) is 4.16. The first kappa shape index (κ1) is 18.9. The van der Waals surface area contributed by atoms with Crippen molar-refractivity contribution in [3.63, 3.8) is 0 Å². The minimum Gasteiger partial charge on any atom is -0.380 e. The summed E-state index contributed by atoms with van der Waals surface area (Å²) in [6.07, 6.45) is 1.36. The van der Waals surface area contributed by atoms with Crippen LogP contribution in [-0.2, 0) is 29.1 Å². The SMILES string of the molecule is CCc1ccc(C(=O)CCC(=O)NCc2ccccc2COC)cc1. The van der Waals surface area contributed by atoms with Gasteiger partial charge in [-0.1, -0.05) is 55.5 Å². The summed E-state index contributed by atoms with van der Waals surface area (Å²) in [5.41, 5.74) is 3.94. The van der Waals surface area contributed by atoms with Crippen LogP contribution in [0.5, 0.6) is 0 Å². The highest BCUT2D eigenvalue weighted by Crippen LogP contribution is 2.11. The fourth-order valence-electron chi connectivity index (χ4n) is 2.61. The number of rotatable bonds is 9. The second-order valence-corrected chi connectivity index (χ2v) is 5.95. The molecule has 2 rings (SSSR count). The van der Waals surface area contributed by atoms with Crippen molar-refractivity contribution in [3.05, 3.63) is 70.8 Å². The summed E-state index contributed by atoms with van der Waals surface area (Å²) >= 11 is 0. The van der Waals surface area contributed by atoms with Gasteiger partial charge in [0.05, 0.1) is 6.61 Å². The molecule has 0 spiro atoms. The zero-order valence-electron chi connectivity index (χ0n) is 14.9. The van der Waals surface area contributed by atoms with Gasteiger partial charge < -0.3 is 10.1 Å². The Morgan fingerprint density at radius 2 is 1.64 bits per heavy atom. The maximum atomic E-state index is 12.2. The van der Waals surface area contributed by atoms with Gasteiger partial charge in [0, 0.05) is 32.1 Å². The molecule has 0 bridgehead atoms. The Kier molecular flexibility index (Phi) is 7.36. The topological polar surface area (TPSA) is 55.4 Å². The number of hydrogen-bond donors (Lipinski definition) is 1. The summed E-state index contributed by atoms with van der Waals surface area (Å²) in [5.74, 6) is -0.122. The Morgan fingerprint density at radius 3 is 2.28 bits per heavy atom. The van der Waals surface area contributed by atoms with E-state index in [9.17, 15) is 9.59 Å². The number of hydrogen-bond acceptors (Lipinski definition) is 3. The minimum absolute atomic E-state index is 0.00224. The number of carbonyl (C=O) groups excluding carboxylic acids is 2. The standard InChI is InChI=1S/C21H25NO3/c1-3-16-8-10-17(11-9-16)20(23)12-13-21(24)22-14-18-6-4-5-7-19(18)15-25-2/h4-11H,3,12-15H2,1-2H3,(H,22,24). The van der Waals surface area contributed by atoms with E-state index in [0.717, 1.165) is 17.5 Å². The molecule has 2 aromatic rings. The molecule has 2 aromatic carbocycles. The van der Waals surface area contributed by atoms with E-state index in [-0.39, 0.29) is 24.5 Å². The summed E-state index contributed by atoms with van der Waals surface area (Å²) in [6, 6.07) is 15.4. The van der Waals surface area contributed by atoms with E-state index in [4.69, 9.17) is 4.74 Å². The molecule has 0 saturated carbocycles. The quantitative estimate of drug-likeness (QED) is 0.709. The molecule has 0 aliphatic carbocycles. The smallest absolute Gasteiger partial charge is 0.220 e. The highest BCUT2D eigenvalue weighted by Gasteiger charge is 2.10. The van der Waals surface area contributed by atoms with Gasteiger partial charge in [-0.3, -0.25) is 9.59 Å². The average molecular weight is 339 g/mol. The average Bonchev–Trinajstić information content (AvgIpc) is 2.65. The van der Waals surface area contributed by atoms with Crippen LogP contribution in [0.15, 0.2) is 48.5 Å². The molecule has 0 aliphatic heterocycles. The van der Waals surface area contributed by atoms with Crippen molar-refractivity contribution in [2.24, 2.45) is 0 Å². The van der Waals surface area contributed by atoms with Crippen molar-refractivity contribution in [3.8, 4) is 0 Å². The van der Waals surface area contributed by atoms with Crippen LogP contribution in [0.4, 0.5) is 0 Å². The Morgan fingerprint density at radius 1 is 0.960 bits per heavy atom. The Bertz CT molecular complexity index is 707. The highest BCUT2D eigenvalue weighted by molar-refractivity contribution is 5.97. The summed E-state index contributed by atoms with van der Waals surface area (Å²) in [7, 11) is 1.65. The van der Waals surface area contributed by atoms with Crippen molar-refractivity contribution < 1.29 is 14.3 Å². The van der Waals surface area contributed by atoms with Crippen LogP contribution in [0.1, 0.15) is 46.8 Å². The molecule has 25 heavy (non-hydrogen) atoms. The number of ether oxygens (including phenoxy) is 1. The van der Waals surface area contributed by atoms with Crippen LogP contribution in [0.25, 0.3) is 0 Å². The van der Waals surface area contributed by atoms with Gasteiger partial charge in [-0.05, 0) is 23.1 Å². The first-order valence-electron chi connectivity index (χ1n) is 8.58. The van der Waals surface area contributed by atoms with Gasteiger partial charge in [-0.2, -0.15) is 0 Å². The highest BCUT2D eigenvalue weighted by atomic mass is 16.5. The van der Waals surface area contributed by atoms with Gasteiger partial charge in [-0.15, -0.1) is 0 Å². The Labute approximate surface area is 149 Å². The number of methoxy groups -OCH3 is 1. The molecule has 1 N–H and O–H groups in total. The van der Waals surface area contributed by atoms with Crippen LogP contribution in [0.2, 0.25) is 0 Å². The van der Waals surface area contributed by atoms with Crippen LogP contribution in [0.3, 0.4) is 0 Å². The molecular formula is C21H25NO3. The fraction of sp³-hybridized carbons (Fsp3) is 0.333. The summed E-state index contributed by atoms with van der Waals surface area (Å²) in [5, 5.41) is 2.88. The predicted octanol–water partition coefficient (Wildman–Crippen LogP) is 3.67. The monoisotopic (exact) mass is 339 g/mol. The second kappa shape index (κ2) is 9.74. The molecule has 0 saturated heterocycles. The third kappa shape index (κ3) is 5.84. The number of nitrogens with one attached hydrogen (secondary N) is 1. The largest absolute Gasteiger partial charge is 0.380 e. The lowest BCUT2D eigenvalue weighted by atomic mass is 10.0. The van der Waals surface area contributed by atoms with Crippen LogP contribution >= 0.6 is 0 Å². The van der Waals surface area contributed by atoms with Gasteiger partial charge >= 0.3 is 0 Å². The van der Waals surface area contributed by atoms with E-state index >= 15 is 0 Å².